The molecule has 0 aliphatic heterocycles. The maximum Gasteiger partial charge on any atom is 0.174 e. The standard InChI is InChI=1S/C8H9FO/c1-8(9)6-4-2-3-5(6)7(8)10/h2,4-6H,3H2,1H3. The van der Waals surface area contributed by atoms with Gasteiger partial charge in [0.25, 0.3) is 0 Å². The lowest BCUT2D eigenvalue weighted by molar-refractivity contribution is -0.152. The molecule has 0 bridgehead atoms. The van der Waals surface area contributed by atoms with Crippen molar-refractivity contribution in [3.63, 3.8) is 0 Å². The van der Waals surface area contributed by atoms with Crippen molar-refractivity contribution in [3.05, 3.63) is 12.2 Å². The molecule has 1 nitrogen and oxygen atoms in total. The molecule has 2 rings (SSSR count). The van der Waals surface area contributed by atoms with Gasteiger partial charge >= 0.3 is 0 Å². The summed E-state index contributed by atoms with van der Waals surface area (Å²) in [6, 6.07) is 0. The van der Waals surface area contributed by atoms with E-state index in [1.54, 1.807) is 0 Å². The van der Waals surface area contributed by atoms with E-state index in [0.717, 1.165) is 6.42 Å². The highest BCUT2D eigenvalue weighted by molar-refractivity contribution is 5.97. The SMILES string of the molecule is CC1(F)C(=O)C2CC=CC21. The molecule has 2 heteroatoms. The number of rotatable bonds is 0. The van der Waals surface area contributed by atoms with E-state index in [4.69, 9.17) is 0 Å². The van der Waals surface area contributed by atoms with E-state index in [1.807, 2.05) is 12.2 Å². The predicted molar refractivity (Wildman–Crippen MR) is 35.3 cm³/mol. The van der Waals surface area contributed by atoms with Gasteiger partial charge in [0, 0.05) is 11.8 Å². The zero-order valence-corrected chi connectivity index (χ0v) is 5.80. The van der Waals surface area contributed by atoms with Crippen molar-refractivity contribution in [2.45, 2.75) is 19.0 Å². The van der Waals surface area contributed by atoms with E-state index in [0.29, 0.717) is 0 Å². The van der Waals surface area contributed by atoms with Gasteiger partial charge in [0.2, 0.25) is 0 Å². The fraction of sp³-hybridized carbons (Fsp3) is 0.625. The molecular weight excluding hydrogens is 131 g/mol. The van der Waals surface area contributed by atoms with Crippen LogP contribution in [0.4, 0.5) is 4.39 Å². The molecule has 1 saturated carbocycles. The molecule has 54 valence electrons. The second-order valence-corrected chi connectivity index (χ2v) is 3.24. The number of alkyl halides is 1. The Labute approximate surface area is 58.9 Å². The monoisotopic (exact) mass is 140 g/mol. The van der Waals surface area contributed by atoms with E-state index in [2.05, 4.69) is 0 Å². The number of fused-ring (bicyclic) bond motifs is 1. The van der Waals surface area contributed by atoms with Gasteiger partial charge in [0.15, 0.2) is 11.5 Å². The fourth-order valence-electron chi connectivity index (χ4n) is 1.91. The summed E-state index contributed by atoms with van der Waals surface area (Å²) in [4.78, 5) is 10.9. The topological polar surface area (TPSA) is 17.1 Å². The third kappa shape index (κ3) is 0.459. The van der Waals surface area contributed by atoms with Crippen molar-refractivity contribution < 1.29 is 9.18 Å². The van der Waals surface area contributed by atoms with E-state index in [1.165, 1.54) is 6.92 Å². The van der Waals surface area contributed by atoms with Crippen LogP contribution in [0.1, 0.15) is 13.3 Å². The van der Waals surface area contributed by atoms with Gasteiger partial charge in [-0.3, -0.25) is 4.79 Å². The Hall–Kier alpha value is -0.660. The van der Waals surface area contributed by atoms with Crippen LogP contribution in [0.2, 0.25) is 0 Å². The third-order valence-corrected chi connectivity index (χ3v) is 2.61. The highest BCUT2D eigenvalue weighted by atomic mass is 19.1. The molecule has 0 aromatic heterocycles. The minimum atomic E-state index is -1.54. The summed E-state index contributed by atoms with van der Waals surface area (Å²) in [7, 11) is 0. The number of ketones is 1. The molecule has 0 N–H and O–H groups in total. The molecule has 2 aliphatic rings. The summed E-state index contributed by atoms with van der Waals surface area (Å²) in [6.07, 6.45) is 4.48. The molecule has 2 aliphatic carbocycles. The van der Waals surface area contributed by atoms with E-state index in [-0.39, 0.29) is 17.6 Å². The fourth-order valence-corrected chi connectivity index (χ4v) is 1.91. The molecule has 0 aromatic rings. The summed E-state index contributed by atoms with van der Waals surface area (Å²) in [5.74, 6) is -0.336. The molecule has 3 atom stereocenters. The molecule has 0 heterocycles. The number of halogens is 1. The van der Waals surface area contributed by atoms with Gasteiger partial charge in [-0.15, -0.1) is 0 Å². The Balaban J connectivity index is 2.29. The summed E-state index contributed by atoms with van der Waals surface area (Å²) in [5, 5.41) is 0. The summed E-state index contributed by atoms with van der Waals surface area (Å²) in [6.45, 7) is 1.38. The van der Waals surface area contributed by atoms with Crippen LogP contribution in [0.3, 0.4) is 0 Å². The Morgan fingerprint density at radius 1 is 1.80 bits per heavy atom. The average Bonchev–Trinajstić information content (AvgIpc) is 2.31. The zero-order valence-electron chi connectivity index (χ0n) is 5.80. The van der Waals surface area contributed by atoms with Crippen LogP contribution in [-0.2, 0) is 4.79 Å². The lowest BCUT2D eigenvalue weighted by atomic mass is 9.64. The van der Waals surface area contributed by atoms with Gasteiger partial charge in [-0.1, -0.05) is 12.2 Å². The maximum absolute atomic E-state index is 13.2. The number of Topliss-reactive ketones (excluding diaryl/α,β-unsaturated/α-hetero) is 1. The summed E-state index contributed by atoms with van der Waals surface area (Å²) < 4.78 is 13.2. The van der Waals surface area contributed by atoms with Crippen molar-refractivity contribution in [2.24, 2.45) is 11.8 Å². The van der Waals surface area contributed by atoms with Gasteiger partial charge in [-0.25, -0.2) is 4.39 Å². The van der Waals surface area contributed by atoms with Crippen molar-refractivity contribution >= 4 is 5.78 Å². The molecule has 0 saturated heterocycles. The lowest BCUT2D eigenvalue weighted by Gasteiger charge is -2.41. The Morgan fingerprint density at radius 3 is 3.10 bits per heavy atom. The largest absolute Gasteiger partial charge is 0.296 e. The molecule has 0 spiro atoms. The highest BCUT2D eigenvalue weighted by Crippen LogP contribution is 2.49. The number of hydrogen-bond acceptors (Lipinski definition) is 1. The van der Waals surface area contributed by atoms with Crippen LogP contribution in [0.5, 0.6) is 0 Å². The quantitative estimate of drug-likeness (QED) is 0.466. The van der Waals surface area contributed by atoms with Gasteiger partial charge in [0.1, 0.15) is 0 Å². The molecule has 0 aromatic carbocycles. The first-order chi connectivity index (χ1) is 4.64. The zero-order chi connectivity index (χ0) is 7.35. The summed E-state index contributed by atoms with van der Waals surface area (Å²) >= 11 is 0. The summed E-state index contributed by atoms with van der Waals surface area (Å²) in [5.41, 5.74) is -1.54. The molecule has 0 radical (unpaired) electrons. The van der Waals surface area contributed by atoms with Crippen molar-refractivity contribution in [1.82, 2.24) is 0 Å². The first-order valence-electron chi connectivity index (χ1n) is 3.54. The predicted octanol–water partition coefficient (Wildman–Crippen LogP) is 1.49. The lowest BCUT2D eigenvalue weighted by Crippen LogP contribution is -2.56. The van der Waals surface area contributed by atoms with Crippen LogP contribution in [0, 0.1) is 11.8 Å². The van der Waals surface area contributed by atoms with Gasteiger partial charge < -0.3 is 0 Å². The van der Waals surface area contributed by atoms with Crippen LogP contribution in [0.25, 0.3) is 0 Å². The van der Waals surface area contributed by atoms with Crippen LogP contribution in [-0.4, -0.2) is 11.5 Å². The minimum Gasteiger partial charge on any atom is -0.296 e. The van der Waals surface area contributed by atoms with Crippen LogP contribution >= 0.6 is 0 Å². The number of carbonyl (C=O) groups excluding carboxylic acids is 1. The molecule has 3 unspecified atom stereocenters. The number of allylic oxidation sites excluding steroid dienone is 2. The average molecular weight is 140 g/mol. The first-order valence-corrected chi connectivity index (χ1v) is 3.54. The van der Waals surface area contributed by atoms with Gasteiger partial charge in [-0.2, -0.15) is 0 Å². The van der Waals surface area contributed by atoms with Crippen LogP contribution in [0.15, 0.2) is 12.2 Å². The Kier molecular flexibility index (Phi) is 0.908. The Morgan fingerprint density at radius 2 is 2.50 bits per heavy atom. The normalized spacial score (nSPS) is 50.8. The smallest absolute Gasteiger partial charge is 0.174 e. The van der Waals surface area contributed by atoms with Crippen molar-refractivity contribution in [3.8, 4) is 0 Å². The van der Waals surface area contributed by atoms with E-state index >= 15 is 0 Å². The minimum absolute atomic E-state index is 0.0185. The molecular formula is C8H9FO. The van der Waals surface area contributed by atoms with Crippen molar-refractivity contribution in [2.75, 3.05) is 0 Å². The maximum atomic E-state index is 13.2. The second-order valence-electron chi connectivity index (χ2n) is 3.24. The Bertz CT molecular complexity index is 217. The van der Waals surface area contributed by atoms with E-state index in [9.17, 15) is 9.18 Å². The van der Waals surface area contributed by atoms with Crippen LogP contribution < -0.4 is 0 Å². The molecule has 0 amide bonds. The number of carbonyl (C=O) groups is 1. The van der Waals surface area contributed by atoms with Crippen molar-refractivity contribution in [1.29, 1.82) is 0 Å². The first kappa shape index (κ1) is 6.08. The number of hydrogen-bond donors (Lipinski definition) is 0. The van der Waals surface area contributed by atoms with Gasteiger partial charge in [0.05, 0.1) is 0 Å². The van der Waals surface area contributed by atoms with Gasteiger partial charge in [-0.05, 0) is 13.3 Å². The van der Waals surface area contributed by atoms with E-state index < -0.39 is 5.67 Å². The second kappa shape index (κ2) is 1.49. The highest BCUT2D eigenvalue weighted by Gasteiger charge is 2.59. The molecule has 1 fully saturated rings. The molecule has 10 heavy (non-hydrogen) atoms. The third-order valence-electron chi connectivity index (χ3n) is 2.61.